The molecule has 2 aliphatic rings. The summed E-state index contributed by atoms with van der Waals surface area (Å²) in [7, 11) is 0. The summed E-state index contributed by atoms with van der Waals surface area (Å²) in [6, 6.07) is 0.827. The third-order valence-electron chi connectivity index (χ3n) is 5.09. The summed E-state index contributed by atoms with van der Waals surface area (Å²) in [6.45, 7) is 13.7. The van der Waals surface area contributed by atoms with Crippen LogP contribution in [0, 0.1) is 5.92 Å². The van der Waals surface area contributed by atoms with E-state index < -0.39 is 0 Å². The molecule has 2 fully saturated rings. The topological polar surface area (TPSA) is 18.5 Å². The lowest BCUT2D eigenvalue weighted by Crippen LogP contribution is -2.39. The van der Waals surface area contributed by atoms with Crippen molar-refractivity contribution in [3.63, 3.8) is 0 Å². The fraction of sp³-hybridized carbons (Fsp3) is 1.00. The first-order chi connectivity index (χ1) is 9.79. The van der Waals surface area contributed by atoms with Crippen molar-refractivity contribution in [1.82, 2.24) is 15.1 Å². The number of rotatable bonds is 8. The molecule has 2 heterocycles. The van der Waals surface area contributed by atoms with E-state index >= 15 is 0 Å². The molecule has 2 aliphatic heterocycles. The highest BCUT2D eigenvalue weighted by atomic mass is 15.2. The predicted octanol–water partition coefficient (Wildman–Crippen LogP) is 2.57. The quantitative estimate of drug-likeness (QED) is 0.690. The van der Waals surface area contributed by atoms with Gasteiger partial charge in [-0.05, 0) is 84.2 Å². The summed E-state index contributed by atoms with van der Waals surface area (Å²) in [5.41, 5.74) is 0. The first-order valence-corrected chi connectivity index (χ1v) is 8.96. The van der Waals surface area contributed by atoms with Crippen LogP contribution in [0.1, 0.15) is 52.4 Å². The van der Waals surface area contributed by atoms with Crippen molar-refractivity contribution in [2.24, 2.45) is 5.92 Å². The number of hydrogen-bond donors (Lipinski definition) is 1. The average Bonchev–Trinajstić information content (AvgIpc) is 2.89. The Balaban J connectivity index is 1.54. The van der Waals surface area contributed by atoms with Crippen LogP contribution >= 0.6 is 0 Å². The van der Waals surface area contributed by atoms with Crippen LogP contribution in [0.15, 0.2) is 0 Å². The van der Waals surface area contributed by atoms with Crippen LogP contribution in [0.3, 0.4) is 0 Å². The summed E-state index contributed by atoms with van der Waals surface area (Å²) in [6.07, 6.45) is 8.28. The Bertz CT molecular complexity index is 257. The Labute approximate surface area is 126 Å². The minimum absolute atomic E-state index is 0.827. The van der Waals surface area contributed by atoms with Crippen molar-refractivity contribution in [3.05, 3.63) is 0 Å². The largest absolute Gasteiger partial charge is 0.316 e. The second kappa shape index (κ2) is 9.01. The van der Waals surface area contributed by atoms with Crippen LogP contribution in [-0.2, 0) is 0 Å². The number of likely N-dealkylation sites (tertiary alicyclic amines) is 2. The van der Waals surface area contributed by atoms with Gasteiger partial charge in [0, 0.05) is 12.6 Å². The number of nitrogens with one attached hydrogen (secondary N) is 1. The van der Waals surface area contributed by atoms with E-state index in [0.717, 1.165) is 12.0 Å². The molecule has 20 heavy (non-hydrogen) atoms. The molecule has 3 heteroatoms. The Kier molecular flexibility index (Phi) is 7.32. The third kappa shape index (κ3) is 5.34. The average molecular weight is 281 g/mol. The zero-order valence-electron chi connectivity index (χ0n) is 13.7. The monoisotopic (exact) mass is 281 g/mol. The molecule has 2 unspecified atom stereocenters. The molecule has 0 aliphatic carbocycles. The van der Waals surface area contributed by atoms with Gasteiger partial charge in [0.2, 0.25) is 0 Å². The van der Waals surface area contributed by atoms with Crippen LogP contribution < -0.4 is 5.32 Å². The Morgan fingerprint density at radius 1 is 1.10 bits per heavy atom. The molecule has 2 rings (SSSR count). The molecule has 2 atom stereocenters. The Morgan fingerprint density at radius 3 is 2.80 bits per heavy atom. The first-order valence-electron chi connectivity index (χ1n) is 8.96. The van der Waals surface area contributed by atoms with E-state index in [1.807, 2.05) is 0 Å². The predicted molar refractivity (Wildman–Crippen MR) is 87.2 cm³/mol. The Morgan fingerprint density at radius 2 is 2.00 bits per heavy atom. The molecule has 2 saturated heterocycles. The van der Waals surface area contributed by atoms with Gasteiger partial charge in [-0.15, -0.1) is 0 Å². The fourth-order valence-electron chi connectivity index (χ4n) is 3.75. The molecule has 0 amide bonds. The maximum Gasteiger partial charge on any atom is 0.00669 e. The van der Waals surface area contributed by atoms with Gasteiger partial charge < -0.3 is 15.1 Å². The lowest BCUT2D eigenvalue weighted by atomic mass is 10.0. The zero-order chi connectivity index (χ0) is 14.2. The lowest BCUT2D eigenvalue weighted by Gasteiger charge is -2.33. The van der Waals surface area contributed by atoms with E-state index in [-0.39, 0.29) is 0 Å². The maximum absolute atomic E-state index is 3.58. The second-order valence-corrected chi connectivity index (χ2v) is 6.89. The van der Waals surface area contributed by atoms with E-state index in [4.69, 9.17) is 0 Å². The van der Waals surface area contributed by atoms with Crippen LogP contribution in [-0.4, -0.2) is 61.7 Å². The molecule has 3 nitrogen and oxygen atoms in total. The summed E-state index contributed by atoms with van der Waals surface area (Å²) in [4.78, 5) is 5.40. The van der Waals surface area contributed by atoms with Crippen molar-refractivity contribution < 1.29 is 0 Å². The van der Waals surface area contributed by atoms with Gasteiger partial charge in [-0.25, -0.2) is 0 Å². The highest BCUT2D eigenvalue weighted by Gasteiger charge is 2.22. The number of nitrogens with zero attached hydrogens (tertiary/aromatic N) is 2. The van der Waals surface area contributed by atoms with E-state index in [1.54, 1.807) is 0 Å². The normalized spacial score (nSPS) is 29.1. The minimum atomic E-state index is 0.827. The van der Waals surface area contributed by atoms with Gasteiger partial charge in [-0.1, -0.05) is 13.3 Å². The van der Waals surface area contributed by atoms with Crippen molar-refractivity contribution in [2.75, 3.05) is 45.8 Å². The molecule has 0 saturated carbocycles. The van der Waals surface area contributed by atoms with Crippen LogP contribution in [0.2, 0.25) is 0 Å². The molecule has 0 aromatic carbocycles. The Hall–Kier alpha value is -0.120. The van der Waals surface area contributed by atoms with Crippen molar-refractivity contribution in [1.29, 1.82) is 0 Å². The van der Waals surface area contributed by atoms with E-state index in [2.05, 4.69) is 29.0 Å². The lowest BCUT2D eigenvalue weighted by molar-refractivity contribution is 0.152. The second-order valence-electron chi connectivity index (χ2n) is 6.89. The van der Waals surface area contributed by atoms with Gasteiger partial charge in [0.1, 0.15) is 0 Å². The summed E-state index contributed by atoms with van der Waals surface area (Å²) < 4.78 is 0. The molecule has 0 aromatic heterocycles. The van der Waals surface area contributed by atoms with Gasteiger partial charge in [0.05, 0.1) is 0 Å². The standard InChI is InChI=1S/C17H35N3/c1-3-9-18-14-17-8-13-19(15-17)10-6-12-20-11-5-4-7-16(20)2/h16-18H,3-15H2,1-2H3. The molecular formula is C17H35N3. The third-order valence-corrected chi connectivity index (χ3v) is 5.09. The molecule has 0 spiro atoms. The van der Waals surface area contributed by atoms with Crippen LogP contribution in [0.4, 0.5) is 0 Å². The van der Waals surface area contributed by atoms with Gasteiger partial charge in [0.25, 0.3) is 0 Å². The van der Waals surface area contributed by atoms with Gasteiger partial charge >= 0.3 is 0 Å². The van der Waals surface area contributed by atoms with Crippen molar-refractivity contribution in [2.45, 2.75) is 58.4 Å². The smallest absolute Gasteiger partial charge is 0.00669 e. The van der Waals surface area contributed by atoms with E-state index in [0.29, 0.717) is 0 Å². The molecule has 0 aromatic rings. The van der Waals surface area contributed by atoms with Gasteiger partial charge in [0.15, 0.2) is 0 Å². The van der Waals surface area contributed by atoms with Crippen molar-refractivity contribution in [3.8, 4) is 0 Å². The molecule has 0 radical (unpaired) electrons. The van der Waals surface area contributed by atoms with Gasteiger partial charge in [-0.2, -0.15) is 0 Å². The molecule has 1 N–H and O–H groups in total. The van der Waals surface area contributed by atoms with Crippen LogP contribution in [0.5, 0.6) is 0 Å². The molecular weight excluding hydrogens is 246 g/mol. The highest BCUT2D eigenvalue weighted by Crippen LogP contribution is 2.18. The van der Waals surface area contributed by atoms with Crippen molar-refractivity contribution >= 4 is 0 Å². The van der Waals surface area contributed by atoms with Gasteiger partial charge in [-0.3, -0.25) is 0 Å². The molecule has 118 valence electrons. The first kappa shape index (κ1) is 16.3. The SMILES string of the molecule is CCCNCC1CCN(CCCN2CCCCC2C)C1. The summed E-state index contributed by atoms with van der Waals surface area (Å²) in [5.74, 6) is 0.899. The minimum Gasteiger partial charge on any atom is -0.316 e. The summed E-state index contributed by atoms with van der Waals surface area (Å²) >= 11 is 0. The fourth-order valence-corrected chi connectivity index (χ4v) is 3.75. The highest BCUT2D eigenvalue weighted by molar-refractivity contribution is 4.78. The number of piperidine rings is 1. The maximum atomic E-state index is 3.58. The zero-order valence-corrected chi connectivity index (χ0v) is 13.7. The van der Waals surface area contributed by atoms with Crippen LogP contribution in [0.25, 0.3) is 0 Å². The summed E-state index contributed by atoms with van der Waals surface area (Å²) in [5, 5.41) is 3.58. The molecule has 0 bridgehead atoms. The van der Waals surface area contributed by atoms with E-state index in [1.165, 1.54) is 84.3 Å². The van der Waals surface area contributed by atoms with E-state index in [9.17, 15) is 0 Å². The number of hydrogen-bond acceptors (Lipinski definition) is 3.